The molecule has 6 nitrogen and oxygen atoms in total. The van der Waals surface area contributed by atoms with Gasteiger partial charge in [0.2, 0.25) is 0 Å². The second-order valence-corrected chi connectivity index (χ2v) is 7.54. The van der Waals surface area contributed by atoms with Gasteiger partial charge >= 0.3 is 0 Å². The van der Waals surface area contributed by atoms with Crippen molar-refractivity contribution in [3.05, 3.63) is 42.6 Å². The van der Waals surface area contributed by atoms with E-state index in [1.54, 1.807) is 12.5 Å². The monoisotopic (exact) mass is 496 g/mol. The van der Waals surface area contributed by atoms with Crippen LogP contribution in [0.1, 0.15) is 51.5 Å². The zero-order valence-corrected chi connectivity index (χ0v) is 19.3. The highest BCUT2D eigenvalue weighted by atomic mass is 127. The first-order valence-corrected chi connectivity index (χ1v) is 10.2. The van der Waals surface area contributed by atoms with Crippen LogP contribution < -0.4 is 10.6 Å². The summed E-state index contributed by atoms with van der Waals surface area (Å²) in [6.07, 6.45) is 14.1. The SMILES string of the molecule is CCNC(=NCc1ccc(-n2ccnc2)nc1)NCCC1CCCC(C)C1.I. The number of guanidine groups is 1. The Balaban J connectivity index is 0.00000280. The minimum Gasteiger partial charge on any atom is -0.357 e. The number of pyridine rings is 1. The number of nitrogens with one attached hydrogen (secondary N) is 2. The van der Waals surface area contributed by atoms with Crippen molar-refractivity contribution < 1.29 is 0 Å². The van der Waals surface area contributed by atoms with Gasteiger partial charge in [-0.05, 0) is 43.2 Å². The molecule has 0 spiro atoms. The molecule has 2 heterocycles. The van der Waals surface area contributed by atoms with Gasteiger partial charge in [0.15, 0.2) is 5.96 Å². The molecule has 1 fully saturated rings. The van der Waals surface area contributed by atoms with Gasteiger partial charge in [-0.25, -0.2) is 15.0 Å². The molecule has 28 heavy (non-hydrogen) atoms. The molecule has 2 atom stereocenters. The number of nitrogens with zero attached hydrogens (tertiary/aromatic N) is 4. The largest absolute Gasteiger partial charge is 0.357 e. The van der Waals surface area contributed by atoms with E-state index in [1.165, 1.54) is 32.1 Å². The topological polar surface area (TPSA) is 67.1 Å². The Morgan fingerprint density at radius 1 is 1.29 bits per heavy atom. The van der Waals surface area contributed by atoms with Gasteiger partial charge < -0.3 is 10.6 Å². The summed E-state index contributed by atoms with van der Waals surface area (Å²) in [6.45, 7) is 6.96. The second-order valence-electron chi connectivity index (χ2n) is 7.54. The molecule has 2 N–H and O–H groups in total. The maximum atomic E-state index is 4.71. The first-order chi connectivity index (χ1) is 13.2. The number of aromatic nitrogens is 3. The van der Waals surface area contributed by atoms with Crippen LogP contribution >= 0.6 is 24.0 Å². The summed E-state index contributed by atoms with van der Waals surface area (Å²) in [6, 6.07) is 4.07. The lowest BCUT2D eigenvalue weighted by molar-refractivity contribution is 0.270. The number of hydrogen-bond acceptors (Lipinski definition) is 3. The third kappa shape index (κ3) is 7.07. The average Bonchev–Trinajstić information content (AvgIpc) is 3.21. The summed E-state index contributed by atoms with van der Waals surface area (Å²) < 4.78 is 1.89. The van der Waals surface area contributed by atoms with E-state index in [0.717, 1.165) is 42.3 Å². The van der Waals surface area contributed by atoms with Crippen LogP contribution in [0.25, 0.3) is 5.82 Å². The lowest BCUT2D eigenvalue weighted by Gasteiger charge is -2.26. The fourth-order valence-electron chi connectivity index (χ4n) is 3.79. The molecule has 0 aromatic carbocycles. The van der Waals surface area contributed by atoms with Crippen molar-refractivity contribution >= 4 is 29.9 Å². The molecule has 3 rings (SSSR count). The van der Waals surface area contributed by atoms with Gasteiger partial charge in [0.1, 0.15) is 12.1 Å². The van der Waals surface area contributed by atoms with Crippen LogP contribution in [0.3, 0.4) is 0 Å². The molecule has 0 bridgehead atoms. The van der Waals surface area contributed by atoms with E-state index >= 15 is 0 Å². The molecule has 2 unspecified atom stereocenters. The highest BCUT2D eigenvalue weighted by Gasteiger charge is 2.18. The van der Waals surface area contributed by atoms with E-state index in [2.05, 4.69) is 40.5 Å². The van der Waals surface area contributed by atoms with Crippen LogP contribution in [-0.2, 0) is 6.54 Å². The lowest BCUT2D eigenvalue weighted by atomic mass is 9.81. The number of halogens is 1. The van der Waals surface area contributed by atoms with E-state index in [9.17, 15) is 0 Å². The van der Waals surface area contributed by atoms with Crippen LogP contribution in [0.4, 0.5) is 0 Å². The highest BCUT2D eigenvalue weighted by Crippen LogP contribution is 2.30. The van der Waals surface area contributed by atoms with E-state index < -0.39 is 0 Å². The Morgan fingerprint density at radius 2 is 2.18 bits per heavy atom. The van der Waals surface area contributed by atoms with Crippen LogP contribution in [0.2, 0.25) is 0 Å². The van der Waals surface area contributed by atoms with Gasteiger partial charge in [0, 0.05) is 31.7 Å². The van der Waals surface area contributed by atoms with E-state index in [4.69, 9.17) is 4.99 Å². The summed E-state index contributed by atoms with van der Waals surface area (Å²) in [5.41, 5.74) is 1.09. The van der Waals surface area contributed by atoms with Gasteiger partial charge in [0.25, 0.3) is 0 Å². The number of imidazole rings is 1. The second kappa shape index (κ2) is 12.0. The quantitative estimate of drug-likeness (QED) is 0.343. The first-order valence-electron chi connectivity index (χ1n) is 10.2. The van der Waals surface area contributed by atoms with E-state index in [1.807, 2.05) is 23.0 Å². The molecular formula is C21H33IN6. The molecule has 2 aromatic heterocycles. The molecule has 0 amide bonds. The average molecular weight is 496 g/mol. The summed E-state index contributed by atoms with van der Waals surface area (Å²) in [7, 11) is 0. The predicted molar refractivity (Wildman–Crippen MR) is 125 cm³/mol. The normalized spacial score (nSPS) is 19.7. The third-order valence-corrected chi connectivity index (χ3v) is 5.23. The van der Waals surface area contributed by atoms with Crippen LogP contribution in [-0.4, -0.2) is 33.6 Å². The lowest BCUT2D eigenvalue weighted by Crippen LogP contribution is -2.38. The molecule has 1 aliphatic rings. The van der Waals surface area contributed by atoms with Gasteiger partial charge in [0.05, 0.1) is 6.54 Å². The van der Waals surface area contributed by atoms with Gasteiger partial charge in [-0.15, -0.1) is 24.0 Å². The fraction of sp³-hybridized carbons (Fsp3) is 0.571. The summed E-state index contributed by atoms with van der Waals surface area (Å²) in [5.74, 6) is 3.51. The summed E-state index contributed by atoms with van der Waals surface area (Å²) in [4.78, 5) is 13.2. The molecule has 0 radical (unpaired) electrons. The van der Waals surface area contributed by atoms with Crippen LogP contribution in [0, 0.1) is 11.8 Å². The number of rotatable bonds is 7. The fourth-order valence-corrected chi connectivity index (χ4v) is 3.79. The molecule has 1 saturated carbocycles. The predicted octanol–water partition coefficient (Wildman–Crippen LogP) is 4.16. The van der Waals surface area contributed by atoms with Crippen molar-refractivity contribution in [1.29, 1.82) is 0 Å². The maximum absolute atomic E-state index is 4.71. The van der Waals surface area contributed by atoms with Gasteiger partial charge in [-0.1, -0.05) is 32.3 Å². The van der Waals surface area contributed by atoms with E-state index in [-0.39, 0.29) is 24.0 Å². The summed E-state index contributed by atoms with van der Waals surface area (Å²) >= 11 is 0. The van der Waals surface area contributed by atoms with Crippen molar-refractivity contribution in [3.63, 3.8) is 0 Å². The maximum Gasteiger partial charge on any atom is 0.191 e. The molecular weight excluding hydrogens is 463 g/mol. The number of hydrogen-bond donors (Lipinski definition) is 2. The van der Waals surface area contributed by atoms with Gasteiger partial charge in [-0.2, -0.15) is 0 Å². The minimum atomic E-state index is 0. The highest BCUT2D eigenvalue weighted by molar-refractivity contribution is 14.0. The van der Waals surface area contributed by atoms with E-state index in [0.29, 0.717) is 6.54 Å². The zero-order valence-electron chi connectivity index (χ0n) is 17.0. The van der Waals surface area contributed by atoms with Gasteiger partial charge in [-0.3, -0.25) is 4.57 Å². The standard InChI is InChI=1S/C21H32N6.HI/c1-3-23-21(24-10-9-18-6-4-5-17(2)13-18)26-15-19-7-8-20(25-14-19)27-12-11-22-16-27;/h7-8,11-12,14,16-18H,3-6,9-10,13,15H2,1-2H3,(H2,23,24,26);1H. The Hall–Kier alpha value is -1.64. The molecule has 154 valence electrons. The summed E-state index contributed by atoms with van der Waals surface area (Å²) in [5, 5.41) is 6.83. The Morgan fingerprint density at radius 3 is 2.86 bits per heavy atom. The molecule has 0 aliphatic heterocycles. The Labute approximate surface area is 185 Å². The number of aliphatic imine (C=N–C) groups is 1. The van der Waals surface area contributed by atoms with Crippen molar-refractivity contribution in [2.24, 2.45) is 16.8 Å². The van der Waals surface area contributed by atoms with Crippen molar-refractivity contribution in [3.8, 4) is 5.82 Å². The first kappa shape index (κ1) is 22.6. The van der Waals surface area contributed by atoms with Crippen LogP contribution in [0.5, 0.6) is 0 Å². The van der Waals surface area contributed by atoms with Crippen molar-refractivity contribution in [1.82, 2.24) is 25.2 Å². The molecule has 1 aliphatic carbocycles. The molecule has 7 heteroatoms. The Bertz CT molecular complexity index is 698. The van der Waals surface area contributed by atoms with Crippen LogP contribution in [0.15, 0.2) is 42.0 Å². The third-order valence-electron chi connectivity index (χ3n) is 5.23. The molecule has 2 aromatic rings. The molecule has 0 saturated heterocycles. The van der Waals surface area contributed by atoms with Crippen molar-refractivity contribution in [2.75, 3.05) is 13.1 Å². The zero-order chi connectivity index (χ0) is 18.9. The van der Waals surface area contributed by atoms with Crippen molar-refractivity contribution in [2.45, 2.75) is 52.5 Å². The Kier molecular flexibility index (Phi) is 9.73. The minimum absolute atomic E-state index is 0. The smallest absolute Gasteiger partial charge is 0.191 e.